The lowest BCUT2D eigenvalue weighted by Gasteiger charge is -2.33. The summed E-state index contributed by atoms with van der Waals surface area (Å²) >= 11 is 3.51. The summed E-state index contributed by atoms with van der Waals surface area (Å²) in [5.74, 6) is 0.422. The van der Waals surface area contributed by atoms with E-state index in [1.54, 1.807) is 10.6 Å². The molecule has 1 unspecified atom stereocenters. The minimum absolute atomic E-state index is 0.109. The van der Waals surface area contributed by atoms with Crippen LogP contribution in [0.15, 0.2) is 131 Å². The molecular weight excluding hydrogens is 574 g/mol. The fourth-order valence-corrected chi connectivity index (χ4v) is 5.69. The van der Waals surface area contributed by atoms with Gasteiger partial charge in [-0.2, -0.15) is 0 Å². The van der Waals surface area contributed by atoms with Crippen LogP contribution in [0.1, 0.15) is 41.1 Å². The van der Waals surface area contributed by atoms with Crippen LogP contribution in [0.25, 0.3) is 27.4 Å². The molecular formula is C35H28BrN3O2. The molecule has 1 aromatic heterocycles. The third-order valence-corrected chi connectivity index (χ3v) is 7.95. The molecule has 0 saturated heterocycles. The van der Waals surface area contributed by atoms with E-state index in [0.717, 1.165) is 20.8 Å². The van der Waals surface area contributed by atoms with Crippen LogP contribution >= 0.6 is 15.9 Å². The summed E-state index contributed by atoms with van der Waals surface area (Å²) in [5.41, 5.74) is 2.76. The minimum Gasteiger partial charge on any atom is -0.324 e. The third kappa shape index (κ3) is 5.19. The summed E-state index contributed by atoms with van der Waals surface area (Å²) in [5, 5.41) is 2.43. The number of nitrogens with zero attached hydrogens (tertiary/aromatic N) is 3. The van der Waals surface area contributed by atoms with Gasteiger partial charge in [-0.05, 0) is 65.2 Å². The van der Waals surface area contributed by atoms with Crippen molar-refractivity contribution in [1.29, 1.82) is 0 Å². The maximum absolute atomic E-state index is 14.6. The standard InChI is InChI=1S/C35H28BrN3O2/c1-2-32(33-37-31-18-9-8-16-30(31)35(41)39(33)27-21-19-26(36)20-22-27)38(23-24-11-4-3-5-12-24)34(40)29-17-10-14-25-13-6-7-15-28(25)29/h3-22,32H,2,23H2,1H3. The molecule has 6 heteroatoms. The first-order chi connectivity index (χ1) is 20.0. The zero-order chi connectivity index (χ0) is 28.3. The topological polar surface area (TPSA) is 55.2 Å². The molecule has 0 N–H and O–H groups in total. The molecule has 0 aliphatic rings. The fourth-order valence-electron chi connectivity index (χ4n) is 5.43. The van der Waals surface area contributed by atoms with Crippen LogP contribution in [0.3, 0.4) is 0 Å². The van der Waals surface area contributed by atoms with Crippen molar-refractivity contribution >= 4 is 43.5 Å². The molecule has 41 heavy (non-hydrogen) atoms. The number of amides is 1. The molecule has 0 aliphatic heterocycles. The average Bonchev–Trinajstić information content (AvgIpc) is 3.01. The molecule has 0 aliphatic carbocycles. The predicted molar refractivity (Wildman–Crippen MR) is 168 cm³/mol. The number of hydrogen-bond acceptors (Lipinski definition) is 3. The zero-order valence-electron chi connectivity index (χ0n) is 22.6. The van der Waals surface area contributed by atoms with Crippen molar-refractivity contribution < 1.29 is 4.79 Å². The van der Waals surface area contributed by atoms with Gasteiger partial charge in [-0.3, -0.25) is 14.2 Å². The second kappa shape index (κ2) is 11.5. The van der Waals surface area contributed by atoms with E-state index in [1.807, 2.05) is 127 Å². The second-order valence-corrected chi connectivity index (χ2v) is 10.9. The van der Waals surface area contributed by atoms with Crippen molar-refractivity contribution in [2.24, 2.45) is 0 Å². The van der Waals surface area contributed by atoms with Crippen LogP contribution in [-0.4, -0.2) is 20.4 Å². The van der Waals surface area contributed by atoms with Gasteiger partial charge in [0.25, 0.3) is 11.5 Å². The highest BCUT2D eigenvalue weighted by Crippen LogP contribution is 2.31. The molecule has 6 aromatic rings. The lowest BCUT2D eigenvalue weighted by Crippen LogP contribution is -2.38. The summed E-state index contributed by atoms with van der Waals surface area (Å²) in [6.07, 6.45) is 0.560. The Labute approximate surface area is 246 Å². The van der Waals surface area contributed by atoms with Gasteiger partial charge in [0.05, 0.1) is 22.6 Å². The maximum Gasteiger partial charge on any atom is 0.266 e. The summed E-state index contributed by atoms with van der Waals surface area (Å²) in [4.78, 5) is 35.6. The molecule has 1 heterocycles. The number of carbonyl (C=O) groups is 1. The number of para-hydroxylation sites is 1. The van der Waals surface area contributed by atoms with Crippen molar-refractivity contribution in [3.05, 3.63) is 153 Å². The van der Waals surface area contributed by atoms with Gasteiger partial charge in [-0.25, -0.2) is 4.98 Å². The van der Waals surface area contributed by atoms with Crippen molar-refractivity contribution in [3.63, 3.8) is 0 Å². The molecule has 202 valence electrons. The number of aromatic nitrogens is 2. The Morgan fingerprint density at radius 2 is 1.46 bits per heavy atom. The van der Waals surface area contributed by atoms with Gasteiger partial charge in [0.2, 0.25) is 0 Å². The van der Waals surface area contributed by atoms with Gasteiger partial charge in [0, 0.05) is 16.6 Å². The Hall–Kier alpha value is -4.55. The monoisotopic (exact) mass is 601 g/mol. The molecule has 0 saturated carbocycles. The number of benzene rings is 5. The quantitative estimate of drug-likeness (QED) is 0.186. The molecule has 5 nitrogen and oxygen atoms in total. The molecule has 6 rings (SSSR count). The summed E-state index contributed by atoms with van der Waals surface area (Å²) in [6.45, 7) is 2.40. The lowest BCUT2D eigenvalue weighted by molar-refractivity contribution is 0.0643. The smallest absolute Gasteiger partial charge is 0.266 e. The van der Waals surface area contributed by atoms with Crippen LogP contribution < -0.4 is 5.56 Å². The second-order valence-electron chi connectivity index (χ2n) is 9.97. The van der Waals surface area contributed by atoms with E-state index in [1.165, 1.54) is 0 Å². The van der Waals surface area contributed by atoms with Crippen molar-refractivity contribution in [3.8, 4) is 5.69 Å². The number of fused-ring (bicyclic) bond motifs is 2. The van der Waals surface area contributed by atoms with Crippen molar-refractivity contribution in [1.82, 2.24) is 14.5 Å². The third-order valence-electron chi connectivity index (χ3n) is 7.42. The van der Waals surface area contributed by atoms with Gasteiger partial charge in [-0.15, -0.1) is 0 Å². The Morgan fingerprint density at radius 1 is 0.805 bits per heavy atom. The fraction of sp³-hybridized carbons (Fsp3) is 0.114. The number of carbonyl (C=O) groups excluding carboxylic acids is 1. The maximum atomic E-state index is 14.6. The predicted octanol–water partition coefficient (Wildman–Crippen LogP) is 8.10. The number of hydrogen-bond donors (Lipinski definition) is 0. The highest BCUT2D eigenvalue weighted by molar-refractivity contribution is 9.10. The van der Waals surface area contributed by atoms with Crippen LogP contribution in [-0.2, 0) is 6.54 Å². The van der Waals surface area contributed by atoms with E-state index in [9.17, 15) is 9.59 Å². The van der Waals surface area contributed by atoms with Crippen LogP contribution in [0.5, 0.6) is 0 Å². The Balaban J connectivity index is 1.58. The Bertz CT molecular complexity index is 1910. The van der Waals surface area contributed by atoms with E-state index in [4.69, 9.17) is 4.98 Å². The first kappa shape index (κ1) is 26.7. The van der Waals surface area contributed by atoms with E-state index < -0.39 is 6.04 Å². The van der Waals surface area contributed by atoms with Gasteiger partial charge >= 0.3 is 0 Å². The highest BCUT2D eigenvalue weighted by Gasteiger charge is 2.30. The van der Waals surface area contributed by atoms with Crippen LogP contribution in [0.2, 0.25) is 0 Å². The molecule has 1 amide bonds. The van der Waals surface area contributed by atoms with Crippen LogP contribution in [0, 0.1) is 0 Å². The minimum atomic E-state index is -0.484. The van der Waals surface area contributed by atoms with E-state index in [2.05, 4.69) is 15.9 Å². The molecule has 5 aromatic carbocycles. The average molecular weight is 603 g/mol. The number of halogens is 1. The van der Waals surface area contributed by atoms with Gasteiger partial charge in [-0.1, -0.05) is 102 Å². The molecule has 0 bridgehead atoms. The summed E-state index contributed by atoms with van der Waals surface area (Å²) in [7, 11) is 0. The zero-order valence-corrected chi connectivity index (χ0v) is 24.2. The Kier molecular flexibility index (Phi) is 7.49. The SMILES string of the molecule is CCC(c1nc2ccccc2c(=O)n1-c1ccc(Br)cc1)N(Cc1ccccc1)C(=O)c1cccc2ccccc12. The molecule has 1 atom stereocenters. The van der Waals surface area contributed by atoms with Gasteiger partial charge in [0.1, 0.15) is 5.82 Å². The van der Waals surface area contributed by atoms with Crippen molar-refractivity contribution in [2.45, 2.75) is 25.9 Å². The summed E-state index contributed by atoms with van der Waals surface area (Å²) < 4.78 is 2.57. The molecule has 0 spiro atoms. The summed E-state index contributed by atoms with van der Waals surface area (Å²) in [6, 6.07) is 38.2. The van der Waals surface area contributed by atoms with Crippen molar-refractivity contribution in [2.75, 3.05) is 0 Å². The lowest BCUT2D eigenvalue weighted by atomic mass is 10.0. The molecule has 0 fully saturated rings. The largest absolute Gasteiger partial charge is 0.324 e. The van der Waals surface area contributed by atoms with Gasteiger partial charge < -0.3 is 4.90 Å². The molecule has 0 radical (unpaired) electrons. The Morgan fingerprint density at radius 3 is 2.22 bits per heavy atom. The highest BCUT2D eigenvalue weighted by atomic mass is 79.9. The van der Waals surface area contributed by atoms with Gasteiger partial charge in [0.15, 0.2) is 0 Å². The van der Waals surface area contributed by atoms with E-state index in [0.29, 0.717) is 40.9 Å². The van der Waals surface area contributed by atoms with E-state index in [-0.39, 0.29) is 11.5 Å². The first-order valence-corrected chi connectivity index (χ1v) is 14.4. The number of rotatable bonds is 7. The van der Waals surface area contributed by atoms with E-state index >= 15 is 0 Å². The first-order valence-electron chi connectivity index (χ1n) is 13.7. The van der Waals surface area contributed by atoms with Crippen LogP contribution in [0.4, 0.5) is 0 Å². The normalized spacial score (nSPS) is 12.0.